The third-order valence-corrected chi connectivity index (χ3v) is 6.42. The van der Waals surface area contributed by atoms with Gasteiger partial charge in [-0.15, -0.1) is 0 Å². The van der Waals surface area contributed by atoms with Gasteiger partial charge in [0.1, 0.15) is 5.60 Å². The zero-order valence-electron chi connectivity index (χ0n) is 18.5. The van der Waals surface area contributed by atoms with Crippen molar-refractivity contribution in [3.63, 3.8) is 0 Å². The van der Waals surface area contributed by atoms with Crippen molar-refractivity contribution in [3.8, 4) is 0 Å². The third kappa shape index (κ3) is 6.37. The van der Waals surface area contributed by atoms with Gasteiger partial charge in [-0.25, -0.2) is 13.2 Å². The lowest BCUT2D eigenvalue weighted by atomic mass is 10.0. The van der Waals surface area contributed by atoms with Gasteiger partial charge in [0.2, 0.25) is 0 Å². The molecule has 3 rings (SSSR count). The van der Waals surface area contributed by atoms with E-state index in [0.717, 1.165) is 24.1 Å². The molecular weight excluding hydrogens is 414 g/mol. The lowest BCUT2D eigenvalue weighted by Gasteiger charge is -2.35. The molecule has 1 saturated heterocycles. The van der Waals surface area contributed by atoms with E-state index in [2.05, 4.69) is 14.9 Å². The molecule has 1 amide bonds. The van der Waals surface area contributed by atoms with Gasteiger partial charge in [-0.1, -0.05) is 29.8 Å². The summed E-state index contributed by atoms with van der Waals surface area (Å²) in [6.45, 7) is 8.82. The number of sulfonamides is 1. The predicted octanol–water partition coefficient (Wildman–Crippen LogP) is 4.29. The molecule has 0 aliphatic carbocycles. The van der Waals surface area contributed by atoms with Crippen molar-refractivity contribution < 1.29 is 17.9 Å². The van der Waals surface area contributed by atoms with Crippen LogP contribution in [0.15, 0.2) is 53.4 Å². The minimum absolute atomic E-state index is 0.0301. The summed E-state index contributed by atoms with van der Waals surface area (Å²) in [7, 11) is -3.69. The Hall–Kier alpha value is -2.74. The lowest BCUT2D eigenvalue weighted by molar-refractivity contribution is 0.0497. The number of hydrogen-bond donors (Lipinski definition) is 2. The highest BCUT2D eigenvalue weighted by molar-refractivity contribution is 7.92. The Kier molecular flexibility index (Phi) is 6.79. The quantitative estimate of drug-likeness (QED) is 0.717. The summed E-state index contributed by atoms with van der Waals surface area (Å²) in [5.41, 5.74) is 1.84. The van der Waals surface area contributed by atoms with Crippen LogP contribution >= 0.6 is 0 Å². The zero-order valence-corrected chi connectivity index (χ0v) is 19.3. The molecule has 0 spiro atoms. The molecule has 2 N–H and O–H groups in total. The van der Waals surface area contributed by atoms with Gasteiger partial charge in [0, 0.05) is 19.1 Å². The maximum absolute atomic E-state index is 12.8. The Morgan fingerprint density at radius 2 is 1.65 bits per heavy atom. The summed E-state index contributed by atoms with van der Waals surface area (Å²) in [5.74, 6) is 0. The number of amides is 1. The fourth-order valence-corrected chi connectivity index (χ4v) is 4.57. The van der Waals surface area contributed by atoms with E-state index in [0.29, 0.717) is 18.8 Å². The molecule has 168 valence electrons. The van der Waals surface area contributed by atoms with Crippen molar-refractivity contribution >= 4 is 27.5 Å². The number of anilines is 2. The van der Waals surface area contributed by atoms with Gasteiger partial charge in [0.15, 0.2) is 0 Å². The van der Waals surface area contributed by atoms with Crippen LogP contribution in [0, 0.1) is 6.92 Å². The standard InChI is InChI=1S/C23H31N3O4S/c1-17-9-11-19(12-10-17)31(28,29)25-20-7-5-6-8-21(20)26-15-13-18(14-16-26)24-22(27)30-23(2,3)4/h5-12,18,25H,13-16H2,1-4H3,(H,24,27). The van der Waals surface area contributed by atoms with Crippen LogP contribution in [-0.4, -0.2) is 39.2 Å². The Morgan fingerprint density at radius 3 is 2.26 bits per heavy atom. The molecule has 2 aromatic carbocycles. The summed E-state index contributed by atoms with van der Waals surface area (Å²) in [4.78, 5) is 14.4. The lowest BCUT2D eigenvalue weighted by Crippen LogP contribution is -2.46. The van der Waals surface area contributed by atoms with Gasteiger partial charge >= 0.3 is 6.09 Å². The van der Waals surface area contributed by atoms with Crippen molar-refractivity contribution in [2.24, 2.45) is 0 Å². The van der Waals surface area contributed by atoms with Crippen LogP contribution in [0.2, 0.25) is 0 Å². The molecule has 1 fully saturated rings. The van der Waals surface area contributed by atoms with E-state index in [1.54, 1.807) is 30.3 Å². The van der Waals surface area contributed by atoms with Crippen molar-refractivity contribution in [1.82, 2.24) is 5.32 Å². The van der Waals surface area contributed by atoms with Gasteiger partial charge < -0.3 is 15.0 Å². The third-order valence-electron chi connectivity index (χ3n) is 5.04. The van der Waals surface area contributed by atoms with Crippen LogP contribution < -0.4 is 14.9 Å². The summed E-state index contributed by atoms with van der Waals surface area (Å²) in [6, 6.07) is 14.2. The minimum atomic E-state index is -3.69. The van der Waals surface area contributed by atoms with E-state index < -0.39 is 21.7 Å². The van der Waals surface area contributed by atoms with E-state index in [1.165, 1.54) is 0 Å². The monoisotopic (exact) mass is 445 g/mol. The van der Waals surface area contributed by atoms with Crippen molar-refractivity contribution in [3.05, 3.63) is 54.1 Å². The Morgan fingerprint density at radius 1 is 1.03 bits per heavy atom. The minimum Gasteiger partial charge on any atom is -0.444 e. The second-order valence-corrected chi connectivity index (χ2v) is 10.5. The number of nitrogens with zero attached hydrogens (tertiary/aromatic N) is 1. The van der Waals surface area contributed by atoms with E-state index in [1.807, 2.05) is 45.9 Å². The number of rotatable bonds is 5. The van der Waals surface area contributed by atoms with Crippen LogP contribution in [0.5, 0.6) is 0 Å². The van der Waals surface area contributed by atoms with Gasteiger partial charge in [0.25, 0.3) is 10.0 Å². The van der Waals surface area contributed by atoms with Crippen LogP contribution in [0.1, 0.15) is 39.2 Å². The van der Waals surface area contributed by atoms with Gasteiger partial charge in [-0.3, -0.25) is 4.72 Å². The number of hydrogen-bond acceptors (Lipinski definition) is 5. The first-order chi connectivity index (χ1) is 14.5. The molecular formula is C23H31N3O4S. The average molecular weight is 446 g/mol. The summed E-state index contributed by atoms with van der Waals surface area (Å²) < 4.78 is 33.8. The maximum atomic E-state index is 12.8. The number of alkyl carbamates (subject to hydrolysis) is 1. The molecule has 31 heavy (non-hydrogen) atoms. The predicted molar refractivity (Wildman–Crippen MR) is 123 cm³/mol. The summed E-state index contributed by atoms with van der Waals surface area (Å²) in [6.07, 6.45) is 1.09. The van der Waals surface area contributed by atoms with E-state index in [9.17, 15) is 13.2 Å². The highest BCUT2D eigenvalue weighted by atomic mass is 32.2. The number of carbonyl (C=O) groups excluding carboxylic acids is 1. The Balaban J connectivity index is 1.66. The van der Waals surface area contributed by atoms with Crippen LogP contribution in [0.25, 0.3) is 0 Å². The normalized spacial score (nSPS) is 15.4. The van der Waals surface area contributed by atoms with E-state index in [4.69, 9.17) is 4.74 Å². The number of nitrogens with one attached hydrogen (secondary N) is 2. The SMILES string of the molecule is Cc1ccc(S(=O)(=O)Nc2ccccc2N2CCC(NC(=O)OC(C)(C)C)CC2)cc1. The fraction of sp³-hybridized carbons (Fsp3) is 0.435. The second kappa shape index (κ2) is 9.18. The molecule has 0 radical (unpaired) electrons. The number of para-hydroxylation sites is 2. The van der Waals surface area contributed by atoms with Gasteiger partial charge in [-0.05, 0) is 64.8 Å². The fourth-order valence-electron chi connectivity index (χ4n) is 3.50. The first kappa shape index (κ1) is 22.9. The van der Waals surface area contributed by atoms with Gasteiger partial charge in [0.05, 0.1) is 16.3 Å². The summed E-state index contributed by atoms with van der Waals surface area (Å²) in [5, 5.41) is 2.93. The molecule has 1 aliphatic heterocycles. The van der Waals surface area contributed by atoms with Crippen LogP contribution in [-0.2, 0) is 14.8 Å². The van der Waals surface area contributed by atoms with Crippen molar-refractivity contribution in [1.29, 1.82) is 0 Å². The number of aryl methyl sites for hydroxylation is 1. The number of piperidine rings is 1. The molecule has 7 nitrogen and oxygen atoms in total. The summed E-state index contributed by atoms with van der Waals surface area (Å²) >= 11 is 0. The largest absolute Gasteiger partial charge is 0.444 e. The van der Waals surface area contributed by atoms with Gasteiger partial charge in [-0.2, -0.15) is 0 Å². The Labute approximate surface area is 184 Å². The maximum Gasteiger partial charge on any atom is 0.407 e. The Bertz CT molecular complexity index is 1010. The molecule has 0 saturated carbocycles. The average Bonchev–Trinajstić information content (AvgIpc) is 2.68. The zero-order chi connectivity index (χ0) is 22.6. The highest BCUT2D eigenvalue weighted by Crippen LogP contribution is 2.30. The molecule has 8 heteroatoms. The van der Waals surface area contributed by atoms with Crippen LogP contribution in [0.4, 0.5) is 16.2 Å². The number of benzene rings is 2. The van der Waals surface area contributed by atoms with E-state index in [-0.39, 0.29) is 10.9 Å². The molecule has 1 aliphatic rings. The molecule has 1 heterocycles. The molecule has 0 unspecified atom stereocenters. The molecule has 0 aromatic heterocycles. The van der Waals surface area contributed by atoms with Crippen LogP contribution in [0.3, 0.4) is 0 Å². The molecule has 0 bridgehead atoms. The highest BCUT2D eigenvalue weighted by Gasteiger charge is 2.25. The van der Waals surface area contributed by atoms with Crippen molar-refractivity contribution in [2.75, 3.05) is 22.7 Å². The smallest absolute Gasteiger partial charge is 0.407 e. The second-order valence-electron chi connectivity index (χ2n) is 8.84. The first-order valence-corrected chi connectivity index (χ1v) is 11.9. The van der Waals surface area contributed by atoms with E-state index >= 15 is 0 Å². The topological polar surface area (TPSA) is 87.7 Å². The first-order valence-electron chi connectivity index (χ1n) is 10.5. The molecule has 2 aromatic rings. The number of carbonyl (C=O) groups is 1. The van der Waals surface area contributed by atoms with Crippen molar-refractivity contribution in [2.45, 2.75) is 57.1 Å². The number of ether oxygens (including phenoxy) is 1. The molecule has 0 atom stereocenters.